The van der Waals surface area contributed by atoms with Gasteiger partial charge in [0.2, 0.25) is 5.88 Å². The quantitative estimate of drug-likeness (QED) is 0.413. The third-order valence-electron chi connectivity index (χ3n) is 5.31. The molecule has 0 bridgehead atoms. The van der Waals surface area contributed by atoms with Crippen molar-refractivity contribution >= 4 is 28.7 Å². The maximum Gasteiger partial charge on any atom is 1.00 e. The fourth-order valence-electron chi connectivity index (χ4n) is 3.86. The van der Waals surface area contributed by atoms with Gasteiger partial charge in [0.05, 0.1) is 16.1 Å². The van der Waals surface area contributed by atoms with Crippen LogP contribution in [-0.2, 0) is 6.61 Å². The normalized spacial score (nSPS) is 13.1. The molecule has 0 spiro atoms. The van der Waals surface area contributed by atoms with Crippen LogP contribution in [0.3, 0.4) is 0 Å². The molecule has 2 aromatic carbocycles. The molecular formula is C24H17ClF4NNaO3. The van der Waals surface area contributed by atoms with Gasteiger partial charge in [-0.05, 0) is 60.2 Å². The SMILES string of the molecule is O=C(O)c1cc(F)cc(C2=C(c3cc(Cl)cnc3OCc3c(F)cc(F)cc3F)CCC2)c1.[H-].[Na+]. The molecule has 0 saturated carbocycles. The molecule has 0 radical (unpaired) electrons. The predicted molar refractivity (Wildman–Crippen MR) is 115 cm³/mol. The summed E-state index contributed by atoms with van der Waals surface area (Å²) in [5, 5.41) is 9.54. The molecule has 172 valence electrons. The van der Waals surface area contributed by atoms with Crippen molar-refractivity contribution in [1.29, 1.82) is 0 Å². The van der Waals surface area contributed by atoms with Crippen LogP contribution in [0.1, 0.15) is 47.7 Å². The van der Waals surface area contributed by atoms with Crippen LogP contribution in [0.5, 0.6) is 5.88 Å². The number of aromatic carboxylic acids is 1. The number of nitrogens with zero attached hydrogens (tertiary/aromatic N) is 1. The van der Waals surface area contributed by atoms with Gasteiger partial charge in [-0.3, -0.25) is 0 Å². The first kappa shape index (κ1) is 26.2. The van der Waals surface area contributed by atoms with Crippen LogP contribution in [-0.4, -0.2) is 16.1 Å². The summed E-state index contributed by atoms with van der Waals surface area (Å²) >= 11 is 6.13. The number of carbonyl (C=O) groups is 1. The summed E-state index contributed by atoms with van der Waals surface area (Å²) in [4.78, 5) is 15.5. The number of aromatic nitrogens is 1. The van der Waals surface area contributed by atoms with Crippen molar-refractivity contribution in [2.75, 3.05) is 0 Å². The number of allylic oxidation sites excluding steroid dienone is 2. The second-order valence-electron chi connectivity index (χ2n) is 7.49. The van der Waals surface area contributed by atoms with E-state index in [1.54, 1.807) is 6.07 Å². The average Bonchev–Trinajstić information content (AvgIpc) is 3.23. The van der Waals surface area contributed by atoms with E-state index in [9.17, 15) is 27.5 Å². The van der Waals surface area contributed by atoms with Crippen molar-refractivity contribution in [2.45, 2.75) is 25.9 Å². The van der Waals surface area contributed by atoms with Crippen LogP contribution < -0.4 is 34.3 Å². The number of hydrogen-bond donors (Lipinski definition) is 1. The number of carboxylic acid groups (broad SMARTS) is 1. The summed E-state index contributed by atoms with van der Waals surface area (Å²) in [5.74, 6) is -5.14. The van der Waals surface area contributed by atoms with Crippen LogP contribution in [0.15, 0.2) is 42.6 Å². The Hall–Kier alpha value is -2.39. The molecule has 10 heteroatoms. The van der Waals surface area contributed by atoms with Gasteiger partial charge in [-0.2, -0.15) is 0 Å². The summed E-state index contributed by atoms with van der Waals surface area (Å²) in [6.07, 6.45) is 3.10. The fraction of sp³-hybridized carbons (Fsp3) is 0.167. The van der Waals surface area contributed by atoms with Gasteiger partial charge in [-0.25, -0.2) is 27.3 Å². The van der Waals surface area contributed by atoms with Crippen molar-refractivity contribution < 1.29 is 63.2 Å². The van der Waals surface area contributed by atoms with E-state index >= 15 is 0 Å². The summed E-state index contributed by atoms with van der Waals surface area (Å²) < 4.78 is 60.9. The third kappa shape index (κ3) is 5.63. The molecule has 4 rings (SSSR count). The van der Waals surface area contributed by atoms with Crippen molar-refractivity contribution in [3.63, 3.8) is 0 Å². The average molecular weight is 502 g/mol. The monoisotopic (exact) mass is 501 g/mol. The molecule has 0 saturated heterocycles. The summed E-state index contributed by atoms with van der Waals surface area (Å²) in [6, 6.07) is 6.24. The minimum Gasteiger partial charge on any atom is -1.00 e. The van der Waals surface area contributed by atoms with Gasteiger partial charge in [-0.1, -0.05) is 11.6 Å². The van der Waals surface area contributed by atoms with Gasteiger partial charge in [0.1, 0.15) is 29.9 Å². The van der Waals surface area contributed by atoms with Crippen molar-refractivity contribution in [3.05, 3.63) is 93.1 Å². The molecule has 34 heavy (non-hydrogen) atoms. The molecule has 3 aromatic rings. The Morgan fingerprint density at radius 3 is 2.32 bits per heavy atom. The fourth-order valence-corrected chi connectivity index (χ4v) is 4.01. The first-order valence-corrected chi connectivity index (χ1v) is 10.3. The van der Waals surface area contributed by atoms with Crippen molar-refractivity contribution in [2.24, 2.45) is 0 Å². The van der Waals surface area contributed by atoms with Crippen LogP contribution in [0.4, 0.5) is 17.6 Å². The smallest absolute Gasteiger partial charge is 1.00 e. The molecule has 0 unspecified atom stereocenters. The molecule has 1 aromatic heterocycles. The Balaban J connectivity index is 0.00000216. The Labute approximate surface area is 221 Å². The van der Waals surface area contributed by atoms with E-state index in [4.69, 9.17) is 16.3 Å². The molecule has 1 heterocycles. The standard InChI is InChI=1S/C24H16ClF4NO3.Na.H/c25-14-7-19(23(30-10-14)33-11-20-21(28)8-16(27)9-22(20)29)18-3-1-2-17(18)12-4-13(24(31)32)6-15(26)5-12;;/h4-10H,1-3,11H2,(H,31,32);;/q;+1;-1. The Bertz CT molecular complexity index is 1280. The zero-order valence-corrected chi connectivity index (χ0v) is 20.7. The maximum atomic E-state index is 14.1. The van der Waals surface area contributed by atoms with E-state index in [2.05, 4.69) is 4.98 Å². The van der Waals surface area contributed by atoms with Crippen LogP contribution >= 0.6 is 11.6 Å². The number of ether oxygens (including phenoxy) is 1. The van der Waals surface area contributed by atoms with E-state index in [0.29, 0.717) is 53.7 Å². The minimum absolute atomic E-state index is 0. The van der Waals surface area contributed by atoms with E-state index in [-0.39, 0.29) is 47.4 Å². The van der Waals surface area contributed by atoms with E-state index < -0.39 is 41.4 Å². The summed E-state index contributed by atoms with van der Waals surface area (Å²) in [6.45, 7) is -0.550. The largest absolute Gasteiger partial charge is 1.00 e. The van der Waals surface area contributed by atoms with E-state index in [1.807, 2.05) is 0 Å². The Morgan fingerprint density at radius 1 is 1.00 bits per heavy atom. The first-order valence-electron chi connectivity index (χ1n) is 9.91. The third-order valence-corrected chi connectivity index (χ3v) is 5.52. The molecular weight excluding hydrogens is 485 g/mol. The molecule has 0 atom stereocenters. The van der Waals surface area contributed by atoms with Crippen LogP contribution in [0.2, 0.25) is 5.02 Å². The second-order valence-corrected chi connectivity index (χ2v) is 7.92. The number of halogens is 5. The number of rotatable bonds is 6. The van der Waals surface area contributed by atoms with Crippen molar-refractivity contribution in [3.8, 4) is 5.88 Å². The van der Waals surface area contributed by atoms with Crippen LogP contribution in [0, 0.1) is 23.3 Å². The molecule has 0 amide bonds. The zero-order chi connectivity index (χ0) is 23.7. The topological polar surface area (TPSA) is 59.4 Å². The minimum atomic E-state index is -1.26. The first-order chi connectivity index (χ1) is 15.7. The summed E-state index contributed by atoms with van der Waals surface area (Å²) in [7, 11) is 0. The summed E-state index contributed by atoms with van der Waals surface area (Å²) in [5.41, 5.74) is 1.61. The molecule has 0 fully saturated rings. The zero-order valence-electron chi connectivity index (χ0n) is 19.0. The molecule has 4 nitrogen and oxygen atoms in total. The molecule has 1 N–H and O–H groups in total. The number of pyridine rings is 1. The number of carboxylic acids is 1. The van der Waals surface area contributed by atoms with Gasteiger partial charge in [-0.15, -0.1) is 0 Å². The molecule has 1 aliphatic rings. The Morgan fingerprint density at radius 2 is 1.65 bits per heavy atom. The molecule has 1 aliphatic carbocycles. The van der Waals surface area contributed by atoms with E-state index in [1.165, 1.54) is 18.3 Å². The van der Waals surface area contributed by atoms with Crippen molar-refractivity contribution in [1.82, 2.24) is 4.98 Å². The van der Waals surface area contributed by atoms with Gasteiger partial charge in [0.15, 0.2) is 0 Å². The number of benzene rings is 2. The Kier molecular flexibility index (Phi) is 8.41. The second kappa shape index (κ2) is 10.9. The van der Waals surface area contributed by atoms with Gasteiger partial charge < -0.3 is 11.3 Å². The van der Waals surface area contributed by atoms with Crippen LogP contribution in [0.25, 0.3) is 11.1 Å². The van der Waals surface area contributed by atoms with E-state index in [0.717, 1.165) is 6.07 Å². The maximum absolute atomic E-state index is 14.1. The van der Waals surface area contributed by atoms with Gasteiger partial charge in [0.25, 0.3) is 0 Å². The molecule has 0 aliphatic heterocycles. The predicted octanol–water partition coefficient (Wildman–Crippen LogP) is 3.78. The van der Waals surface area contributed by atoms with Gasteiger partial charge in [0, 0.05) is 23.9 Å². The number of hydrogen-bond acceptors (Lipinski definition) is 3. The van der Waals surface area contributed by atoms with Gasteiger partial charge >= 0.3 is 35.5 Å².